The molecule has 6 heteroatoms. The first-order valence-corrected chi connectivity index (χ1v) is 5.74. The molecule has 0 aliphatic rings. The van der Waals surface area contributed by atoms with Gasteiger partial charge in [-0.05, 0) is 32.4 Å². The Morgan fingerprint density at radius 1 is 1.56 bits per heavy atom. The third-order valence-corrected chi connectivity index (χ3v) is 2.18. The van der Waals surface area contributed by atoms with Crippen molar-refractivity contribution in [2.75, 3.05) is 7.05 Å². The molecule has 1 aromatic rings. The molecule has 0 aromatic carbocycles. The summed E-state index contributed by atoms with van der Waals surface area (Å²) in [5.74, 6) is -0.420. The summed E-state index contributed by atoms with van der Waals surface area (Å²) in [7, 11) is 3.35. The molecule has 4 nitrogen and oxygen atoms in total. The van der Waals surface area contributed by atoms with Gasteiger partial charge in [0.05, 0.1) is 12.7 Å². The van der Waals surface area contributed by atoms with Crippen LogP contribution in [0.25, 0.3) is 0 Å². The van der Waals surface area contributed by atoms with Crippen molar-refractivity contribution in [1.82, 2.24) is 9.88 Å². The lowest BCUT2D eigenvalue weighted by Crippen LogP contribution is -2.34. The lowest BCUT2D eigenvalue weighted by molar-refractivity contribution is 0.0283. The lowest BCUT2D eigenvalue weighted by Gasteiger charge is -2.24. The minimum absolute atomic E-state index is 0.157. The van der Waals surface area contributed by atoms with Gasteiger partial charge in [0.15, 0.2) is 7.85 Å². The van der Waals surface area contributed by atoms with E-state index in [1.807, 2.05) is 0 Å². The Hall–Kier alpha value is -1.59. The number of carbonyl (C=O) groups excluding carboxylic acids is 1. The molecule has 0 N–H and O–H groups in total. The van der Waals surface area contributed by atoms with Gasteiger partial charge in [0.2, 0.25) is 0 Å². The molecule has 0 aliphatic heterocycles. The second kappa shape index (κ2) is 5.37. The third-order valence-electron chi connectivity index (χ3n) is 2.18. The van der Waals surface area contributed by atoms with Gasteiger partial charge >= 0.3 is 6.09 Å². The maximum Gasteiger partial charge on any atom is 0.410 e. The molecule has 1 amide bonds. The van der Waals surface area contributed by atoms with Crippen molar-refractivity contribution in [3.8, 4) is 0 Å². The Kier molecular flexibility index (Phi) is 4.32. The van der Waals surface area contributed by atoms with E-state index in [-0.39, 0.29) is 6.54 Å². The van der Waals surface area contributed by atoms with Gasteiger partial charge in [0, 0.05) is 12.6 Å². The average Bonchev–Trinajstić information content (AvgIpc) is 2.21. The first-order valence-electron chi connectivity index (χ1n) is 5.74. The second-order valence-electron chi connectivity index (χ2n) is 5.25. The van der Waals surface area contributed by atoms with Crippen LogP contribution >= 0.6 is 0 Å². The number of carbonyl (C=O) groups is 1. The summed E-state index contributed by atoms with van der Waals surface area (Å²) in [6.07, 6.45) is 0.685. The monoisotopic (exact) mass is 252 g/mol. The van der Waals surface area contributed by atoms with Crippen molar-refractivity contribution in [3.63, 3.8) is 0 Å². The molecule has 1 aromatic heterocycles. The Labute approximate surface area is 108 Å². The van der Waals surface area contributed by atoms with Crippen LogP contribution in [0.5, 0.6) is 0 Å². The summed E-state index contributed by atoms with van der Waals surface area (Å²) in [5.41, 5.74) is 0.581. The smallest absolute Gasteiger partial charge is 0.410 e. The molecular weight excluding hydrogens is 234 g/mol. The van der Waals surface area contributed by atoms with Crippen LogP contribution in [0.4, 0.5) is 9.18 Å². The molecular formula is C12H18BFN2O2. The summed E-state index contributed by atoms with van der Waals surface area (Å²) < 4.78 is 18.7. The molecule has 1 rings (SSSR count). The normalized spacial score (nSPS) is 11.2. The van der Waals surface area contributed by atoms with Gasteiger partial charge in [0.1, 0.15) is 11.4 Å². The van der Waals surface area contributed by atoms with Crippen LogP contribution in [0, 0.1) is 5.82 Å². The van der Waals surface area contributed by atoms with Crippen LogP contribution in [0.3, 0.4) is 0 Å². The van der Waals surface area contributed by atoms with Gasteiger partial charge in [-0.25, -0.2) is 9.18 Å². The number of rotatable bonds is 2. The number of hydrogen-bond donors (Lipinski definition) is 0. The fourth-order valence-electron chi connectivity index (χ4n) is 1.38. The van der Waals surface area contributed by atoms with Gasteiger partial charge in [-0.2, -0.15) is 0 Å². The molecule has 18 heavy (non-hydrogen) atoms. The highest BCUT2D eigenvalue weighted by Gasteiger charge is 2.20. The highest BCUT2D eigenvalue weighted by atomic mass is 19.1. The Morgan fingerprint density at radius 3 is 2.72 bits per heavy atom. The quantitative estimate of drug-likeness (QED) is 0.733. The van der Waals surface area contributed by atoms with E-state index in [2.05, 4.69) is 4.98 Å². The van der Waals surface area contributed by atoms with E-state index in [0.29, 0.717) is 11.2 Å². The summed E-state index contributed by atoms with van der Waals surface area (Å²) in [4.78, 5) is 16.9. The number of hydrogen-bond acceptors (Lipinski definition) is 3. The van der Waals surface area contributed by atoms with Gasteiger partial charge in [-0.3, -0.25) is 4.98 Å². The van der Waals surface area contributed by atoms with Crippen molar-refractivity contribution < 1.29 is 13.9 Å². The van der Waals surface area contributed by atoms with E-state index in [4.69, 9.17) is 4.74 Å². The van der Waals surface area contributed by atoms with Gasteiger partial charge in [0.25, 0.3) is 0 Å². The van der Waals surface area contributed by atoms with Crippen molar-refractivity contribution in [3.05, 3.63) is 23.6 Å². The molecule has 0 radical (unpaired) electrons. The van der Waals surface area contributed by atoms with Crippen LogP contribution < -0.4 is 5.59 Å². The Bertz CT molecular complexity index is 446. The number of pyridine rings is 1. The topological polar surface area (TPSA) is 42.4 Å². The zero-order valence-corrected chi connectivity index (χ0v) is 11.5. The summed E-state index contributed by atoms with van der Waals surface area (Å²) in [6.45, 7) is 5.52. The zero-order chi connectivity index (χ0) is 13.9. The minimum Gasteiger partial charge on any atom is -0.444 e. The van der Waals surface area contributed by atoms with E-state index in [1.165, 1.54) is 4.90 Å². The standard InChI is InChI=1S/C12H18BFN2O2/c1-12(2,3)18-11(17)16(4)7-8-5-10(13)15-6-9(8)14/h5-6H,7,13H2,1-4H3. The largest absolute Gasteiger partial charge is 0.444 e. The first-order chi connectivity index (χ1) is 8.19. The van der Waals surface area contributed by atoms with Crippen molar-refractivity contribution in [1.29, 1.82) is 0 Å². The molecule has 0 atom stereocenters. The maximum atomic E-state index is 13.5. The highest BCUT2D eigenvalue weighted by Crippen LogP contribution is 2.12. The fourth-order valence-corrected chi connectivity index (χ4v) is 1.38. The fraction of sp³-hybridized carbons (Fsp3) is 0.500. The van der Waals surface area contributed by atoms with Crippen LogP contribution in [0.15, 0.2) is 12.3 Å². The van der Waals surface area contributed by atoms with Crippen molar-refractivity contribution >= 4 is 19.5 Å². The van der Waals surface area contributed by atoms with Crippen LogP contribution in [0.2, 0.25) is 0 Å². The predicted octanol–water partition coefficient (Wildman–Crippen LogP) is 0.846. The third kappa shape index (κ3) is 4.35. The number of amides is 1. The van der Waals surface area contributed by atoms with E-state index in [9.17, 15) is 9.18 Å². The van der Waals surface area contributed by atoms with E-state index in [1.54, 1.807) is 41.7 Å². The highest BCUT2D eigenvalue weighted by molar-refractivity contribution is 6.30. The number of aromatic nitrogens is 1. The summed E-state index contributed by atoms with van der Waals surface area (Å²) >= 11 is 0. The number of nitrogens with zero attached hydrogens (tertiary/aromatic N) is 2. The average molecular weight is 252 g/mol. The number of halogens is 1. The molecule has 0 saturated carbocycles. The molecule has 0 spiro atoms. The van der Waals surface area contributed by atoms with Crippen molar-refractivity contribution in [2.24, 2.45) is 0 Å². The molecule has 0 unspecified atom stereocenters. The minimum atomic E-state index is -0.557. The van der Waals surface area contributed by atoms with E-state index < -0.39 is 17.5 Å². The molecule has 98 valence electrons. The Balaban J connectivity index is 2.72. The molecule has 1 heterocycles. The lowest BCUT2D eigenvalue weighted by atomic mass is 10.0. The molecule has 0 fully saturated rings. The molecule has 0 bridgehead atoms. The maximum absolute atomic E-state index is 13.5. The summed E-state index contributed by atoms with van der Waals surface area (Å²) in [6, 6.07) is 1.62. The van der Waals surface area contributed by atoms with Gasteiger partial charge < -0.3 is 9.64 Å². The number of ether oxygens (including phenoxy) is 1. The molecule has 0 aliphatic carbocycles. The Morgan fingerprint density at radius 2 is 2.17 bits per heavy atom. The van der Waals surface area contributed by atoms with Gasteiger partial charge in [-0.15, -0.1) is 0 Å². The zero-order valence-electron chi connectivity index (χ0n) is 11.5. The summed E-state index contributed by atoms with van der Waals surface area (Å²) in [5, 5.41) is 0. The van der Waals surface area contributed by atoms with Crippen LogP contribution in [0.1, 0.15) is 26.3 Å². The second-order valence-corrected chi connectivity index (χ2v) is 5.25. The van der Waals surface area contributed by atoms with E-state index in [0.717, 1.165) is 6.20 Å². The first kappa shape index (κ1) is 14.5. The van der Waals surface area contributed by atoms with Gasteiger partial charge in [-0.1, -0.05) is 0 Å². The predicted molar refractivity (Wildman–Crippen MR) is 70.1 cm³/mol. The van der Waals surface area contributed by atoms with E-state index >= 15 is 0 Å². The molecule has 0 saturated heterocycles. The van der Waals surface area contributed by atoms with Crippen LogP contribution in [-0.4, -0.2) is 36.5 Å². The van der Waals surface area contributed by atoms with Crippen LogP contribution in [-0.2, 0) is 11.3 Å². The van der Waals surface area contributed by atoms with Crippen molar-refractivity contribution in [2.45, 2.75) is 32.9 Å². The SMILES string of the molecule is Bc1cc(CN(C)C(=O)OC(C)(C)C)c(F)cn1.